The molecule has 4 nitrogen and oxygen atoms in total. The van der Waals surface area contributed by atoms with Gasteiger partial charge >= 0.3 is 0 Å². The molecule has 0 unspecified atom stereocenters. The van der Waals surface area contributed by atoms with Gasteiger partial charge in [0, 0.05) is 25.3 Å². The molecule has 0 atom stereocenters. The van der Waals surface area contributed by atoms with Gasteiger partial charge in [-0.25, -0.2) is 4.98 Å². The van der Waals surface area contributed by atoms with E-state index in [4.69, 9.17) is 5.73 Å². The summed E-state index contributed by atoms with van der Waals surface area (Å²) in [6, 6.07) is 0.677. The van der Waals surface area contributed by atoms with Crippen LogP contribution < -0.4 is 10.6 Å². The second-order valence-electron chi connectivity index (χ2n) is 5.18. The van der Waals surface area contributed by atoms with Crippen molar-refractivity contribution in [3.8, 4) is 0 Å². The number of nitrogens with two attached hydrogens (primary N) is 1. The lowest BCUT2D eigenvalue weighted by Gasteiger charge is -2.24. The molecule has 94 valence electrons. The van der Waals surface area contributed by atoms with Crippen LogP contribution in [0.15, 0.2) is 12.4 Å². The molecule has 1 aliphatic carbocycles. The number of hydrogen-bond acceptors (Lipinski definition) is 4. The van der Waals surface area contributed by atoms with E-state index in [9.17, 15) is 0 Å². The highest BCUT2D eigenvalue weighted by molar-refractivity contribution is 5.39. The van der Waals surface area contributed by atoms with Crippen molar-refractivity contribution >= 4 is 5.82 Å². The summed E-state index contributed by atoms with van der Waals surface area (Å²) in [5.74, 6) is 1.72. The van der Waals surface area contributed by atoms with Crippen LogP contribution in [0.2, 0.25) is 0 Å². The summed E-state index contributed by atoms with van der Waals surface area (Å²) in [6.07, 6.45) is 7.37. The topological polar surface area (TPSA) is 55.0 Å². The Labute approximate surface area is 103 Å². The Morgan fingerprint density at radius 2 is 2.18 bits per heavy atom. The van der Waals surface area contributed by atoms with Crippen LogP contribution in [0.4, 0.5) is 5.82 Å². The molecular weight excluding hydrogens is 212 g/mol. The maximum absolute atomic E-state index is 5.61. The standard InChI is InChI=1S/C13H22N4/c1-10(2)5-6-17(12-3-4-12)13-9-15-8-11(7-14)16-13/h8-10,12H,3-7,14H2,1-2H3. The van der Waals surface area contributed by atoms with Crippen molar-refractivity contribution in [1.82, 2.24) is 9.97 Å². The SMILES string of the molecule is CC(C)CCN(c1cncc(CN)n1)C1CC1. The average molecular weight is 234 g/mol. The zero-order valence-electron chi connectivity index (χ0n) is 10.8. The van der Waals surface area contributed by atoms with Gasteiger partial charge in [-0.1, -0.05) is 13.8 Å². The minimum Gasteiger partial charge on any atom is -0.352 e. The van der Waals surface area contributed by atoms with Crippen molar-refractivity contribution in [2.24, 2.45) is 11.7 Å². The smallest absolute Gasteiger partial charge is 0.147 e. The Kier molecular flexibility index (Phi) is 3.94. The van der Waals surface area contributed by atoms with Crippen molar-refractivity contribution in [3.63, 3.8) is 0 Å². The third-order valence-electron chi connectivity index (χ3n) is 3.11. The van der Waals surface area contributed by atoms with E-state index >= 15 is 0 Å². The Balaban J connectivity index is 2.08. The third kappa shape index (κ3) is 3.40. The van der Waals surface area contributed by atoms with Gasteiger partial charge in [-0.3, -0.25) is 4.98 Å². The highest BCUT2D eigenvalue weighted by Crippen LogP contribution is 2.30. The van der Waals surface area contributed by atoms with E-state index in [-0.39, 0.29) is 0 Å². The lowest BCUT2D eigenvalue weighted by atomic mass is 10.1. The summed E-state index contributed by atoms with van der Waals surface area (Å²) in [4.78, 5) is 11.2. The van der Waals surface area contributed by atoms with Crippen molar-refractivity contribution in [2.75, 3.05) is 11.4 Å². The fourth-order valence-corrected chi connectivity index (χ4v) is 1.90. The maximum Gasteiger partial charge on any atom is 0.147 e. The van der Waals surface area contributed by atoms with E-state index in [1.807, 2.05) is 6.20 Å². The quantitative estimate of drug-likeness (QED) is 0.817. The first-order chi connectivity index (χ1) is 8.20. The minimum absolute atomic E-state index is 0.462. The second kappa shape index (κ2) is 5.45. The summed E-state index contributed by atoms with van der Waals surface area (Å²) in [5, 5.41) is 0. The summed E-state index contributed by atoms with van der Waals surface area (Å²) in [7, 11) is 0. The van der Waals surface area contributed by atoms with Crippen LogP contribution in [0.25, 0.3) is 0 Å². The first-order valence-corrected chi connectivity index (χ1v) is 6.48. The van der Waals surface area contributed by atoms with Crippen molar-refractivity contribution < 1.29 is 0 Å². The molecule has 0 radical (unpaired) electrons. The number of rotatable bonds is 6. The van der Waals surface area contributed by atoms with E-state index < -0.39 is 0 Å². The molecule has 0 aliphatic heterocycles. The molecule has 1 fully saturated rings. The number of aromatic nitrogens is 2. The molecule has 1 saturated carbocycles. The third-order valence-corrected chi connectivity index (χ3v) is 3.11. The molecule has 0 saturated heterocycles. The van der Waals surface area contributed by atoms with Crippen LogP contribution in [0.3, 0.4) is 0 Å². The van der Waals surface area contributed by atoms with Gasteiger partial charge in [-0.2, -0.15) is 0 Å². The fraction of sp³-hybridized carbons (Fsp3) is 0.692. The van der Waals surface area contributed by atoms with Crippen LogP contribution in [-0.4, -0.2) is 22.6 Å². The first-order valence-electron chi connectivity index (χ1n) is 6.48. The maximum atomic E-state index is 5.61. The molecule has 0 spiro atoms. The predicted molar refractivity (Wildman–Crippen MR) is 69.7 cm³/mol. The number of hydrogen-bond donors (Lipinski definition) is 1. The Bertz CT molecular complexity index is 360. The van der Waals surface area contributed by atoms with E-state index in [1.165, 1.54) is 19.3 Å². The van der Waals surface area contributed by atoms with Crippen molar-refractivity contribution in [2.45, 2.75) is 45.7 Å². The van der Waals surface area contributed by atoms with Crippen LogP contribution in [0, 0.1) is 5.92 Å². The summed E-state index contributed by atoms with van der Waals surface area (Å²) < 4.78 is 0. The van der Waals surface area contributed by atoms with Gasteiger partial charge < -0.3 is 10.6 Å². The van der Waals surface area contributed by atoms with Gasteiger partial charge in [0.15, 0.2) is 0 Å². The molecule has 0 bridgehead atoms. The van der Waals surface area contributed by atoms with Crippen LogP contribution in [0.1, 0.15) is 38.8 Å². The van der Waals surface area contributed by atoms with Crippen LogP contribution >= 0.6 is 0 Å². The van der Waals surface area contributed by atoms with Gasteiger partial charge in [0.25, 0.3) is 0 Å². The minimum atomic E-state index is 0.462. The van der Waals surface area contributed by atoms with Crippen LogP contribution in [0.5, 0.6) is 0 Å². The van der Waals surface area contributed by atoms with E-state index in [0.29, 0.717) is 12.6 Å². The predicted octanol–water partition coefficient (Wildman–Crippen LogP) is 1.95. The summed E-state index contributed by atoms with van der Waals surface area (Å²) in [6.45, 7) is 6.05. The monoisotopic (exact) mass is 234 g/mol. The van der Waals surface area contributed by atoms with E-state index in [2.05, 4.69) is 28.7 Å². The van der Waals surface area contributed by atoms with Gasteiger partial charge in [-0.15, -0.1) is 0 Å². The lowest BCUT2D eigenvalue weighted by molar-refractivity contribution is 0.567. The Hall–Kier alpha value is -1.16. The van der Waals surface area contributed by atoms with Gasteiger partial charge in [0.2, 0.25) is 0 Å². The molecule has 0 amide bonds. The fourth-order valence-electron chi connectivity index (χ4n) is 1.90. The molecule has 2 N–H and O–H groups in total. The molecule has 1 aliphatic rings. The molecule has 1 aromatic rings. The van der Waals surface area contributed by atoms with Crippen molar-refractivity contribution in [1.29, 1.82) is 0 Å². The highest BCUT2D eigenvalue weighted by Gasteiger charge is 2.30. The molecule has 0 aromatic carbocycles. The van der Waals surface area contributed by atoms with Crippen LogP contribution in [-0.2, 0) is 6.54 Å². The summed E-state index contributed by atoms with van der Waals surface area (Å²) >= 11 is 0. The van der Waals surface area contributed by atoms with Gasteiger partial charge in [-0.05, 0) is 25.2 Å². The number of nitrogens with zero attached hydrogens (tertiary/aromatic N) is 3. The van der Waals surface area contributed by atoms with Gasteiger partial charge in [0.05, 0.1) is 11.9 Å². The second-order valence-corrected chi connectivity index (χ2v) is 5.18. The Morgan fingerprint density at radius 3 is 2.76 bits per heavy atom. The Morgan fingerprint density at radius 1 is 1.41 bits per heavy atom. The van der Waals surface area contributed by atoms with E-state index in [1.54, 1.807) is 6.20 Å². The molecule has 17 heavy (non-hydrogen) atoms. The van der Waals surface area contributed by atoms with Crippen molar-refractivity contribution in [3.05, 3.63) is 18.1 Å². The molecule has 1 heterocycles. The zero-order valence-corrected chi connectivity index (χ0v) is 10.8. The zero-order chi connectivity index (χ0) is 12.3. The highest BCUT2D eigenvalue weighted by atomic mass is 15.2. The molecular formula is C13H22N4. The van der Waals surface area contributed by atoms with Gasteiger partial charge in [0.1, 0.15) is 5.82 Å². The average Bonchev–Trinajstić information content (AvgIpc) is 3.14. The van der Waals surface area contributed by atoms with E-state index in [0.717, 1.165) is 24.0 Å². The largest absolute Gasteiger partial charge is 0.352 e. The molecule has 1 aromatic heterocycles. The first kappa shape index (κ1) is 12.3. The normalized spacial score (nSPS) is 15.3. The number of anilines is 1. The molecule has 2 rings (SSSR count). The molecule has 4 heteroatoms. The summed E-state index contributed by atoms with van der Waals surface area (Å²) in [5.41, 5.74) is 6.48. The lowest BCUT2D eigenvalue weighted by Crippen LogP contribution is -2.29.